The third-order valence-electron chi connectivity index (χ3n) is 5.98. The lowest BCUT2D eigenvalue weighted by atomic mass is 9.95. The van der Waals surface area contributed by atoms with Crippen LogP contribution in [0, 0.1) is 0 Å². The second kappa shape index (κ2) is 9.92. The Balaban J connectivity index is 1.90. The van der Waals surface area contributed by atoms with Crippen LogP contribution in [0.5, 0.6) is 0 Å². The van der Waals surface area contributed by atoms with Gasteiger partial charge in [0.05, 0.1) is 11.6 Å². The topological polar surface area (TPSA) is 60.9 Å². The minimum absolute atomic E-state index is 0.0119. The lowest BCUT2D eigenvalue weighted by Gasteiger charge is -2.27. The molecule has 174 valence electrons. The molecular weight excluding hydrogens is 471 g/mol. The van der Waals surface area contributed by atoms with Crippen molar-refractivity contribution in [2.45, 2.75) is 19.9 Å². The molecule has 1 amide bonds. The van der Waals surface area contributed by atoms with Crippen LogP contribution in [0.25, 0.3) is 5.76 Å². The second-order valence-electron chi connectivity index (χ2n) is 7.92. The number of nitrogens with zero attached hydrogens (tertiary/aromatic N) is 2. The highest BCUT2D eigenvalue weighted by atomic mass is 35.5. The molecule has 4 rings (SSSR count). The molecule has 34 heavy (non-hydrogen) atoms. The van der Waals surface area contributed by atoms with Crippen molar-refractivity contribution < 1.29 is 14.7 Å². The molecule has 0 aliphatic carbocycles. The summed E-state index contributed by atoms with van der Waals surface area (Å²) in [5.41, 5.74) is 2.62. The number of carbonyl (C=O) groups is 2. The molecule has 5 nitrogen and oxygen atoms in total. The summed E-state index contributed by atoms with van der Waals surface area (Å²) in [6.07, 6.45) is 0. The van der Waals surface area contributed by atoms with E-state index in [2.05, 4.69) is 18.7 Å². The fourth-order valence-electron chi connectivity index (χ4n) is 4.26. The van der Waals surface area contributed by atoms with Crippen molar-refractivity contribution in [2.75, 3.05) is 22.9 Å². The number of anilines is 2. The first kappa shape index (κ1) is 23.9. The summed E-state index contributed by atoms with van der Waals surface area (Å²) in [4.78, 5) is 30.1. The van der Waals surface area contributed by atoms with Gasteiger partial charge in [-0.25, -0.2) is 0 Å². The molecule has 0 saturated carbocycles. The number of halogens is 2. The Labute approximate surface area is 208 Å². The fraction of sp³-hybridized carbons (Fsp3) is 0.185. The summed E-state index contributed by atoms with van der Waals surface area (Å²) < 4.78 is 0. The molecule has 1 unspecified atom stereocenters. The molecule has 0 bridgehead atoms. The number of rotatable bonds is 6. The number of hydrogen-bond acceptors (Lipinski definition) is 4. The van der Waals surface area contributed by atoms with Crippen LogP contribution in [-0.2, 0) is 9.59 Å². The van der Waals surface area contributed by atoms with E-state index in [4.69, 9.17) is 23.2 Å². The van der Waals surface area contributed by atoms with Gasteiger partial charge in [-0.3, -0.25) is 14.5 Å². The minimum atomic E-state index is -0.814. The minimum Gasteiger partial charge on any atom is -0.507 e. The number of aliphatic hydroxyl groups excluding tert-OH is 1. The fourth-order valence-corrected chi connectivity index (χ4v) is 4.58. The van der Waals surface area contributed by atoms with Gasteiger partial charge in [-0.15, -0.1) is 0 Å². The Morgan fingerprint density at radius 2 is 1.56 bits per heavy atom. The number of carbonyl (C=O) groups excluding carboxylic acids is 2. The monoisotopic (exact) mass is 494 g/mol. The van der Waals surface area contributed by atoms with E-state index in [0.717, 1.165) is 18.8 Å². The molecule has 1 aliphatic rings. The maximum Gasteiger partial charge on any atom is 0.300 e. The van der Waals surface area contributed by atoms with Crippen LogP contribution >= 0.6 is 23.2 Å². The van der Waals surface area contributed by atoms with Gasteiger partial charge in [-0.1, -0.05) is 47.5 Å². The maximum absolute atomic E-state index is 13.2. The lowest BCUT2D eigenvalue weighted by molar-refractivity contribution is -0.132. The number of benzene rings is 3. The zero-order chi connectivity index (χ0) is 24.4. The van der Waals surface area contributed by atoms with Crippen molar-refractivity contribution in [3.05, 3.63) is 99.5 Å². The average molecular weight is 495 g/mol. The highest BCUT2D eigenvalue weighted by Crippen LogP contribution is 2.42. The highest BCUT2D eigenvalue weighted by Gasteiger charge is 2.47. The van der Waals surface area contributed by atoms with Crippen molar-refractivity contribution in [3.63, 3.8) is 0 Å². The molecule has 1 heterocycles. The van der Waals surface area contributed by atoms with E-state index in [1.54, 1.807) is 48.5 Å². The van der Waals surface area contributed by atoms with Gasteiger partial charge in [0, 0.05) is 40.1 Å². The van der Waals surface area contributed by atoms with Crippen LogP contribution < -0.4 is 9.80 Å². The number of Topliss-reactive ketones (excluding diaryl/α,β-unsaturated/α-hetero) is 1. The third-order valence-corrected chi connectivity index (χ3v) is 6.47. The molecule has 3 aromatic carbocycles. The normalized spacial score (nSPS) is 17.3. The van der Waals surface area contributed by atoms with E-state index < -0.39 is 17.7 Å². The predicted molar refractivity (Wildman–Crippen MR) is 138 cm³/mol. The van der Waals surface area contributed by atoms with Gasteiger partial charge in [0.25, 0.3) is 11.7 Å². The van der Waals surface area contributed by atoms with Crippen LogP contribution in [-0.4, -0.2) is 29.9 Å². The summed E-state index contributed by atoms with van der Waals surface area (Å²) in [6.45, 7) is 5.87. The van der Waals surface area contributed by atoms with Crippen molar-refractivity contribution in [3.8, 4) is 0 Å². The van der Waals surface area contributed by atoms with E-state index in [0.29, 0.717) is 26.9 Å². The standard InChI is InChI=1S/C27H24Cl2N2O3/c1-3-30(4-2)21-12-8-17(9-13-21)24-23(25(32)18-6-5-7-20(29)16-18)26(33)27(34)31(24)22-14-10-19(28)11-15-22/h5-16,24,32H,3-4H2,1-2H3/b25-23-. The van der Waals surface area contributed by atoms with Gasteiger partial charge in [-0.2, -0.15) is 0 Å². The van der Waals surface area contributed by atoms with Crippen molar-refractivity contribution >= 4 is 52.0 Å². The van der Waals surface area contributed by atoms with E-state index >= 15 is 0 Å². The molecule has 1 fully saturated rings. The summed E-state index contributed by atoms with van der Waals surface area (Å²) >= 11 is 12.2. The Kier molecular flexibility index (Phi) is 6.96. The Bertz CT molecular complexity index is 1250. The van der Waals surface area contributed by atoms with Crippen LogP contribution in [0.3, 0.4) is 0 Å². The van der Waals surface area contributed by atoms with Gasteiger partial charge in [0.1, 0.15) is 5.76 Å². The summed E-state index contributed by atoms with van der Waals surface area (Å²) in [7, 11) is 0. The summed E-state index contributed by atoms with van der Waals surface area (Å²) in [5, 5.41) is 12.1. The summed E-state index contributed by atoms with van der Waals surface area (Å²) in [6, 6.07) is 20.1. The van der Waals surface area contributed by atoms with Crippen LogP contribution in [0.1, 0.15) is 31.0 Å². The molecular formula is C27H24Cl2N2O3. The van der Waals surface area contributed by atoms with Crippen molar-refractivity contribution in [1.82, 2.24) is 0 Å². The quantitative estimate of drug-likeness (QED) is 0.242. The van der Waals surface area contributed by atoms with Gasteiger partial charge >= 0.3 is 0 Å². The zero-order valence-electron chi connectivity index (χ0n) is 18.8. The number of ketones is 1. The van der Waals surface area contributed by atoms with Gasteiger partial charge in [-0.05, 0) is 67.9 Å². The maximum atomic E-state index is 13.2. The van der Waals surface area contributed by atoms with Crippen molar-refractivity contribution in [2.24, 2.45) is 0 Å². The van der Waals surface area contributed by atoms with Gasteiger partial charge in [0.15, 0.2) is 0 Å². The van der Waals surface area contributed by atoms with Gasteiger partial charge in [0.2, 0.25) is 0 Å². The average Bonchev–Trinajstić information content (AvgIpc) is 3.11. The SMILES string of the molecule is CCN(CC)c1ccc(C2/C(=C(/O)c3cccc(Cl)c3)C(=O)C(=O)N2c2ccc(Cl)cc2)cc1. The highest BCUT2D eigenvalue weighted by molar-refractivity contribution is 6.51. The molecule has 1 N–H and O–H groups in total. The first-order chi connectivity index (χ1) is 16.3. The third kappa shape index (κ3) is 4.41. The molecule has 1 atom stereocenters. The second-order valence-corrected chi connectivity index (χ2v) is 8.79. The van der Waals surface area contributed by atoms with Crippen LogP contribution in [0.15, 0.2) is 78.4 Å². The lowest BCUT2D eigenvalue weighted by Crippen LogP contribution is -2.29. The zero-order valence-corrected chi connectivity index (χ0v) is 20.3. The summed E-state index contributed by atoms with van der Waals surface area (Å²) in [5.74, 6) is -1.75. The largest absolute Gasteiger partial charge is 0.507 e. The molecule has 7 heteroatoms. The molecule has 0 aromatic heterocycles. The van der Waals surface area contributed by atoms with E-state index in [1.165, 1.54) is 4.90 Å². The number of aliphatic hydroxyl groups is 1. The smallest absolute Gasteiger partial charge is 0.300 e. The molecule has 3 aromatic rings. The number of amides is 1. The van der Waals surface area contributed by atoms with Crippen LogP contribution in [0.4, 0.5) is 11.4 Å². The molecule has 0 spiro atoms. The van der Waals surface area contributed by atoms with Crippen LogP contribution in [0.2, 0.25) is 10.0 Å². The van der Waals surface area contributed by atoms with E-state index in [9.17, 15) is 14.7 Å². The van der Waals surface area contributed by atoms with E-state index in [1.807, 2.05) is 24.3 Å². The predicted octanol–water partition coefficient (Wildman–Crippen LogP) is 6.47. The molecule has 0 radical (unpaired) electrons. The molecule has 1 aliphatic heterocycles. The first-order valence-electron chi connectivity index (χ1n) is 11.0. The van der Waals surface area contributed by atoms with Crippen molar-refractivity contribution in [1.29, 1.82) is 0 Å². The molecule has 1 saturated heterocycles. The Morgan fingerprint density at radius 1 is 0.912 bits per heavy atom. The Morgan fingerprint density at radius 3 is 2.15 bits per heavy atom. The van der Waals surface area contributed by atoms with E-state index in [-0.39, 0.29) is 11.3 Å². The van der Waals surface area contributed by atoms with Gasteiger partial charge < -0.3 is 10.0 Å². The number of hydrogen-bond donors (Lipinski definition) is 1. The first-order valence-corrected chi connectivity index (χ1v) is 11.8. The Hall–Kier alpha value is -3.28.